The zero-order valence-corrected chi connectivity index (χ0v) is 16.8. The Labute approximate surface area is 168 Å². The summed E-state index contributed by atoms with van der Waals surface area (Å²) >= 11 is 1.70. The molecule has 0 aliphatic carbocycles. The topological polar surface area (TPSA) is 79.3 Å². The first kappa shape index (κ1) is 18.8. The summed E-state index contributed by atoms with van der Waals surface area (Å²) in [7, 11) is -0.878. The average Bonchev–Trinajstić information content (AvgIpc) is 3.08. The fourth-order valence-electron chi connectivity index (χ4n) is 3.23. The Hall–Kier alpha value is -2.55. The maximum Gasteiger partial charge on any atom is 0.492 e. The smallest absolute Gasteiger partial charge is 0.423 e. The van der Waals surface area contributed by atoms with E-state index in [1.165, 1.54) is 4.90 Å². The quantitative estimate of drug-likeness (QED) is 0.453. The Morgan fingerprint density at radius 3 is 2.86 bits per heavy atom. The Kier molecular flexibility index (Phi) is 5.26. The summed E-state index contributed by atoms with van der Waals surface area (Å²) < 4.78 is 5.31. The van der Waals surface area contributed by atoms with Gasteiger partial charge in [-0.05, 0) is 61.0 Å². The molecule has 28 heavy (non-hydrogen) atoms. The Morgan fingerprint density at radius 2 is 2.04 bits per heavy atom. The van der Waals surface area contributed by atoms with E-state index in [9.17, 15) is 5.02 Å². The highest BCUT2D eigenvalue weighted by Gasteiger charge is 2.30. The van der Waals surface area contributed by atoms with Crippen LogP contribution in [-0.2, 0) is 11.3 Å². The molecule has 0 atom stereocenters. The molecule has 0 radical (unpaired) electrons. The summed E-state index contributed by atoms with van der Waals surface area (Å²) in [4.78, 5) is 10.2. The van der Waals surface area contributed by atoms with Crippen molar-refractivity contribution in [1.82, 2.24) is 9.97 Å². The minimum atomic E-state index is -0.878. The lowest BCUT2D eigenvalue weighted by Gasteiger charge is -2.14. The normalized spacial score (nSPS) is 12.8. The molecule has 2 heterocycles. The molecule has 6 nitrogen and oxygen atoms in total. The van der Waals surface area contributed by atoms with Crippen molar-refractivity contribution in [3.8, 4) is 0 Å². The molecule has 0 saturated carbocycles. The molecule has 142 valence electrons. The van der Waals surface area contributed by atoms with Gasteiger partial charge in [-0.2, -0.15) is 4.98 Å². The molecular weight excluding hydrogens is 371 g/mol. The van der Waals surface area contributed by atoms with Gasteiger partial charge in [0.1, 0.15) is 5.82 Å². The van der Waals surface area contributed by atoms with Gasteiger partial charge in [0.05, 0.1) is 6.61 Å². The molecule has 1 aliphatic heterocycles. The van der Waals surface area contributed by atoms with Crippen LogP contribution in [0.25, 0.3) is 0 Å². The van der Waals surface area contributed by atoms with Gasteiger partial charge in [-0.3, -0.25) is 0 Å². The van der Waals surface area contributed by atoms with Crippen LogP contribution in [0.15, 0.2) is 47.5 Å². The van der Waals surface area contributed by atoms with Crippen molar-refractivity contribution in [2.75, 3.05) is 16.9 Å². The lowest BCUT2D eigenvalue weighted by Crippen LogP contribution is -2.31. The van der Waals surface area contributed by atoms with E-state index in [2.05, 4.69) is 39.0 Å². The van der Waals surface area contributed by atoms with Gasteiger partial charge in [-0.15, -0.1) is 11.8 Å². The number of aryl methyl sites for hydroxylation is 1. The van der Waals surface area contributed by atoms with Gasteiger partial charge in [0.2, 0.25) is 5.95 Å². The molecule has 0 spiro atoms. The maximum atomic E-state index is 10.0. The largest absolute Gasteiger partial charge is 0.492 e. The van der Waals surface area contributed by atoms with Crippen molar-refractivity contribution in [1.29, 1.82) is 0 Å². The first-order valence-electron chi connectivity index (χ1n) is 8.99. The molecule has 0 fully saturated rings. The van der Waals surface area contributed by atoms with Crippen LogP contribution in [0.4, 0.5) is 23.1 Å². The molecule has 2 aromatic carbocycles. The number of rotatable bonds is 5. The van der Waals surface area contributed by atoms with Crippen molar-refractivity contribution in [2.24, 2.45) is 0 Å². The molecule has 0 amide bonds. The zero-order valence-electron chi connectivity index (χ0n) is 16.0. The predicted octanol–water partition coefficient (Wildman–Crippen LogP) is 3.52. The standard InChI is InChI=1S/C20H21BN4O2S/c1-12-10-22-20(25-19(12)23-15-5-4-6-16(9-15)28-3)24-17-8-7-14-11-27-21(26)18(14)13(17)2/h4-10,26H,11H2,1-3H3,(H2,22,23,24,25). The highest BCUT2D eigenvalue weighted by atomic mass is 32.2. The summed E-state index contributed by atoms with van der Waals surface area (Å²) in [6.45, 7) is 4.36. The highest BCUT2D eigenvalue weighted by molar-refractivity contribution is 7.98. The van der Waals surface area contributed by atoms with Crippen molar-refractivity contribution in [3.05, 3.63) is 59.3 Å². The first-order chi connectivity index (χ1) is 13.5. The number of anilines is 4. The van der Waals surface area contributed by atoms with E-state index in [1.807, 2.05) is 38.1 Å². The number of fused-ring (bicyclic) bond motifs is 1. The lowest BCUT2D eigenvalue weighted by atomic mass is 9.76. The summed E-state index contributed by atoms with van der Waals surface area (Å²) in [5.74, 6) is 1.24. The average molecular weight is 392 g/mol. The Balaban J connectivity index is 1.60. The minimum absolute atomic E-state index is 0.432. The summed E-state index contributed by atoms with van der Waals surface area (Å²) in [6, 6.07) is 12.1. The molecule has 1 aliphatic rings. The molecule has 0 saturated heterocycles. The first-order valence-corrected chi connectivity index (χ1v) is 10.2. The third-order valence-electron chi connectivity index (χ3n) is 4.80. The van der Waals surface area contributed by atoms with Gasteiger partial charge < -0.3 is 20.3 Å². The fraction of sp³-hybridized carbons (Fsp3) is 0.200. The number of hydrogen-bond donors (Lipinski definition) is 3. The van der Waals surface area contributed by atoms with Gasteiger partial charge in [-0.25, -0.2) is 4.98 Å². The van der Waals surface area contributed by atoms with E-state index < -0.39 is 7.12 Å². The summed E-state index contributed by atoms with van der Waals surface area (Å²) in [5.41, 5.74) is 5.56. The maximum absolute atomic E-state index is 10.0. The monoisotopic (exact) mass is 392 g/mol. The van der Waals surface area contributed by atoms with Crippen LogP contribution in [0.5, 0.6) is 0 Å². The number of nitrogens with zero attached hydrogens (tertiary/aromatic N) is 2. The van der Waals surface area contributed by atoms with Gasteiger partial charge in [0, 0.05) is 28.0 Å². The van der Waals surface area contributed by atoms with Gasteiger partial charge >= 0.3 is 7.12 Å². The van der Waals surface area contributed by atoms with Crippen LogP contribution in [0, 0.1) is 13.8 Å². The van der Waals surface area contributed by atoms with Crippen LogP contribution in [0.2, 0.25) is 0 Å². The molecule has 1 aromatic heterocycles. The SMILES string of the molecule is CSc1cccc(Nc2nc(Nc3ccc4c(c3C)B(O)OC4)ncc2C)c1. The number of hydrogen-bond acceptors (Lipinski definition) is 7. The summed E-state index contributed by atoms with van der Waals surface area (Å²) in [6.07, 6.45) is 3.84. The van der Waals surface area contributed by atoms with Crippen LogP contribution in [0.3, 0.4) is 0 Å². The second kappa shape index (κ2) is 7.83. The third-order valence-corrected chi connectivity index (χ3v) is 5.52. The van der Waals surface area contributed by atoms with Crippen molar-refractivity contribution in [3.63, 3.8) is 0 Å². The van der Waals surface area contributed by atoms with Crippen molar-refractivity contribution >= 4 is 47.5 Å². The van der Waals surface area contributed by atoms with E-state index in [-0.39, 0.29) is 0 Å². The molecule has 3 N–H and O–H groups in total. The van der Waals surface area contributed by atoms with Gasteiger partial charge in [-0.1, -0.05) is 12.1 Å². The van der Waals surface area contributed by atoms with Crippen LogP contribution in [-0.4, -0.2) is 28.4 Å². The van der Waals surface area contributed by atoms with E-state index in [4.69, 9.17) is 4.65 Å². The molecular formula is C20H21BN4O2S. The number of benzene rings is 2. The van der Waals surface area contributed by atoms with Gasteiger partial charge in [0.25, 0.3) is 0 Å². The summed E-state index contributed by atoms with van der Waals surface area (Å²) in [5, 5.41) is 16.7. The number of nitrogens with one attached hydrogen (secondary N) is 2. The van der Waals surface area contributed by atoms with Crippen molar-refractivity contribution < 1.29 is 9.68 Å². The zero-order chi connectivity index (χ0) is 19.7. The molecule has 8 heteroatoms. The fourth-order valence-corrected chi connectivity index (χ4v) is 3.69. The predicted molar refractivity (Wildman–Crippen MR) is 115 cm³/mol. The second-order valence-electron chi connectivity index (χ2n) is 6.68. The lowest BCUT2D eigenvalue weighted by molar-refractivity contribution is 0.275. The van der Waals surface area contributed by atoms with Crippen molar-refractivity contribution in [2.45, 2.75) is 25.3 Å². The second-order valence-corrected chi connectivity index (χ2v) is 7.56. The van der Waals surface area contributed by atoms with E-state index in [1.54, 1.807) is 18.0 Å². The van der Waals surface area contributed by atoms with E-state index in [0.717, 1.165) is 39.3 Å². The molecule has 0 unspecified atom stereocenters. The van der Waals surface area contributed by atoms with Gasteiger partial charge in [0.15, 0.2) is 0 Å². The van der Waals surface area contributed by atoms with E-state index >= 15 is 0 Å². The number of thioether (sulfide) groups is 1. The molecule has 0 bridgehead atoms. The Morgan fingerprint density at radius 1 is 1.18 bits per heavy atom. The Bertz CT molecular complexity index is 1030. The number of aromatic nitrogens is 2. The molecule has 4 rings (SSSR count). The van der Waals surface area contributed by atoms with Crippen LogP contribution >= 0.6 is 11.8 Å². The highest BCUT2D eigenvalue weighted by Crippen LogP contribution is 2.26. The molecule has 3 aromatic rings. The van der Waals surface area contributed by atoms with Crippen LogP contribution in [0.1, 0.15) is 16.7 Å². The van der Waals surface area contributed by atoms with Crippen LogP contribution < -0.4 is 16.1 Å². The third kappa shape index (κ3) is 3.71. The minimum Gasteiger partial charge on any atom is -0.423 e. The van der Waals surface area contributed by atoms with E-state index in [0.29, 0.717) is 12.6 Å².